The number of hydrogen-bond acceptors (Lipinski definition) is 4. The maximum Gasteiger partial charge on any atom is 0.409 e. The van der Waals surface area contributed by atoms with E-state index in [1.807, 2.05) is 0 Å². The van der Waals surface area contributed by atoms with Crippen molar-refractivity contribution in [2.45, 2.75) is 18.6 Å². The number of carbonyl (C=O) groups excluding carboxylic acids is 2. The quantitative estimate of drug-likeness (QED) is 0.739. The average molecular weight is 464 g/mol. The molecule has 0 unspecified atom stereocenters. The van der Waals surface area contributed by atoms with Gasteiger partial charge in [0.05, 0.1) is 6.54 Å². The Kier molecular flexibility index (Phi) is 6.26. The number of anilines is 2. The van der Waals surface area contributed by atoms with Crippen molar-refractivity contribution < 1.29 is 22.8 Å². The smallest absolute Gasteiger partial charge is 0.357 e. The second-order valence-corrected chi connectivity index (χ2v) is 8.34. The molecule has 2 aromatic carbocycles. The van der Waals surface area contributed by atoms with Crippen LogP contribution in [0, 0.1) is 0 Å². The summed E-state index contributed by atoms with van der Waals surface area (Å²) in [5, 5.41) is 3.20. The predicted octanol–water partition coefficient (Wildman–Crippen LogP) is 4.17. The van der Waals surface area contributed by atoms with Crippen LogP contribution >= 0.6 is 11.6 Å². The van der Waals surface area contributed by atoms with Crippen LogP contribution in [0.2, 0.25) is 5.02 Å². The van der Waals surface area contributed by atoms with Gasteiger partial charge < -0.3 is 10.2 Å². The standard InChI is InChI=1S/C23H21ClF3N3O2/c24-17-3-6-19(7-4-17)30-10-9-29(13-21(30)23(25,26)27)14-22(32)28-18-5-1-16-12-20(31)8-2-15(16)11-18/h1-8,11,21H,9-10,12-14H2,(H,28,32)/t21-/m0/s1. The molecule has 4 rings (SSSR count). The van der Waals surface area contributed by atoms with Gasteiger partial charge in [-0.15, -0.1) is 0 Å². The van der Waals surface area contributed by atoms with Gasteiger partial charge in [0, 0.05) is 42.5 Å². The van der Waals surface area contributed by atoms with E-state index >= 15 is 0 Å². The fraction of sp³-hybridized carbons (Fsp3) is 0.304. The van der Waals surface area contributed by atoms with Crippen LogP contribution in [0.3, 0.4) is 0 Å². The van der Waals surface area contributed by atoms with Gasteiger partial charge in [-0.3, -0.25) is 14.5 Å². The molecule has 1 N–H and O–H groups in total. The Balaban J connectivity index is 1.41. The van der Waals surface area contributed by atoms with Gasteiger partial charge in [-0.25, -0.2) is 0 Å². The molecular formula is C23H21ClF3N3O2. The highest BCUT2D eigenvalue weighted by Crippen LogP contribution is 2.32. The summed E-state index contributed by atoms with van der Waals surface area (Å²) in [5.74, 6) is -0.368. The van der Waals surface area contributed by atoms with Gasteiger partial charge in [0.15, 0.2) is 5.78 Å². The van der Waals surface area contributed by atoms with E-state index in [2.05, 4.69) is 5.32 Å². The molecule has 5 nitrogen and oxygen atoms in total. The molecule has 0 saturated carbocycles. The van der Waals surface area contributed by atoms with Crippen LogP contribution < -0.4 is 10.2 Å². The molecule has 2 aromatic rings. The van der Waals surface area contributed by atoms with Gasteiger partial charge in [0.1, 0.15) is 6.04 Å². The fourth-order valence-corrected chi connectivity index (χ4v) is 4.15. The second kappa shape index (κ2) is 8.96. The Hall–Kier alpha value is -2.84. The van der Waals surface area contributed by atoms with Crippen LogP contribution in [0.15, 0.2) is 48.5 Å². The minimum absolute atomic E-state index is 0.0197. The predicted molar refractivity (Wildman–Crippen MR) is 118 cm³/mol. The van der Waals surface area contributed by atoms with Crippen molar-refractivity contribution >= 4 is 40.7 Å². The van der Waals surface area contributed by atoms with E-state index in [1.54, 1.807) is 48.5 Å². The number of nitrogens with one attached hydrogen (secondary N) is 1. The molecule has 0 radical (unpaired) electrons. The molecule has 0 aromatic heterocycles. The number of amides is 1. The Labute approximate surface area is 188 Å². The third-order valence-corrected chi connectivity index (χ3v) is 5.86. The first-order valence-corrected chi connectivity index (χ1v) is 10.5. The molecule has 9 heteroatoms. The average Bonchev–Trinajstić information content (AvgIpc) is 2.74. The first kappa shape index (κ1) is 22.4. The lowest BCUT2D eigenvalue weighted by Crippen LogP contribution is -2.60. The Morgan fingerprint density at radius 3 is 2.56 bits per heavy atom. The molecule has 1 aliphatic heterocycles. The molecule has 1 heterocycles. The number of halogens is 4. The van der Waals surface area contributed by atoms with Crippen LogP contribution in [0.1, 0.15) is 11.1 Å². The number of ketones is 1. The van der Waals surface area contributed by atoms with Crippen LogP contribution in [0.25, 0.3) is 6.08 Å². The number of fused-ring (bicyclic) bond motifs is 1. The lowest BCUT2D eigenvalue weighted by atomic mass is 9.96. The summed E-state index contributed by atoms with van der Waals surface area (Å²) >= 11 is 5.86. The number of nitrogens with zero attached hydrogens (tertiary/aromatic N) is 2. The topological polar surface area (TPSA) is 52.7 Å². The van der Waals surface area contributed by atoms with E-state index in [1.165, 1.54) is 15.9 Å². The van der Waals surface area contributed by atoms with Crippen molar-refractivity contribution in [2.75, 3.05) is 36.4 Å². The Bertz CT molecular complexity index is 1050. The van der Waals surface area contributed by atoms with Gasteiger partial charge in [-0.1, -0.05) is 23.7 Å². The number of benzene rings is 2. The zero-order valence-electron chi connectivity index (χ0n) is 17.0. The number of hydrogen-bond donors (Lipinski definition) is 1. The minimum Gasteiger partial charge on any atom is -0.357 e. The lowest BCUT2D eigenvalue weighted by Gasteiger charge is -2.43. The van der Waals surface area contributed by atoms with Crippen molar-refractivity contribution in [3.8, 4) is 0 Å². The van der Waals surface area contributed by atoms with E-state index in [0.29, 0.717) is 29.4 Å². The first-order valence-electron chi connectivity index (χ1n) is 10.1. The molecule has 0 spiro atoms. The Morgan fingerprint density at radius 2 is 1.84 bits per heavy atom. The lowest BCUT2D eigenvalue weighted by molar-refractivity contribution is -0.157. The largest absolute Gasteiger partial charge is 0.409 e. The summed E-state index contributed by atoms with van der Waals surface area (Å²) in [4.78, 5) is 26.8. The zero-order valence-corrected chi connectivity index (χ0v) is 17.8. The van der Waals surface area contributed by atoms with E-state index in [4.69, 9.17) is 11.6 Å². The third-order valence-electron chi connectivity index (χ3n) is 5.61. The van der Waals surface area contributed by atoms with E-state index < -0.39 is 12.2 Å². The summed E-state index contributed by atoms with van der Waals surface area (Å²) in [6, 6.07) is 9.77. The maximum atomic E-state index is 13.8. The molecule has 32 heavy (non-hydrogen) atoms. The van der Waals surface area contributed by atoms with Gasteiger partial charge in [-0.05, 0) is 53.6 Å². The summed E-state index contributed by atoms with van der Waals surface area (Å²) in [6.45, 7) is -0.00451. The summed E-state index contributed by atoms with van der Waals surface area (Å²) < 4.78 is 41.3. The van der Waals surface area contributed by atoms with Crippen molar-refractivity contribution in [1.82, 2.24) is 4.90 Å². The third kappa shape index (κ3) is 5.14. The molecule has 0 bridgehead atoms. The van der Waals surface area contributed by atoms with Crippen LogP contribution in [0.4, 0.5) is 24.5 Å². The SMILES string of the molecule is O=C1C=Cc2cc(NC(=O)CN3CCN(c4ccc(Cl)cc4)[C@H](C(F)(F)F)C3)ccc2C1. The zero-order chi connectivity index (χ0) is 22.9. The number of rotatable bonds is 4. The summed E-state index contributed by atoms with van der Waals surface area (Å²) in [5.41, 5.74) is 2.71. The van der Waals surface area contributed by atoms with Crippen molar-refractivity contribution in [1.29, 1.82) is 0 Å². The van der Waals surface area contributed by atoms with Crippen molar-refractivity contribution in [3.05, 3.63) is 64.7 Å². The van der Waals surface area contributed by atoms with Crippen molar-refractivity contribution in [3.63, 3.8) is 0 Å². The monoisotopic (exact) mass is 463 g/mol. The Morgan fingerprint density at radius 1 is 1.09 bits per heavy atom. The highest BCUT2D eigenvalue weighted by Gasteiger charge is 2.46. The number of piperazine rings is 1. The van der Waals surface area contributed by atoms with Crippen LogP contribution in [0.5, 0.6) is 0 Å². The van der Waals surface area contributed by atoms with E-state index in [0.717, 1.165) is 11.1 Å². The molecular weight excluding hydrogens is 443 g/mol. The van der Waals surface area contributed by atoms with Crippen molar-refractivity contribution in [2.24, 2.45) is 0 Å². The number of carbonyl (C=O) groups is 2. The highest BCUT2D eigenvalue weighted by molar-refractivity contribution is 6.30. The summed E-state index contributed by atoms with van der Waals surface area (Å²) in [6.07, 6.45) is -0.944. The van der Waals surface area contributed by atoms with Gasteiger partial charge in [0.2, 0.25) is 5.91 Å². The molecule has 1 atom stereocenters. The molecule has 1 saturated heterocycles. The molecule has 168 valence electrons. The molecule has 2 aliphatic rings. The molecule has 1 amide bonds. The van der Waals surface area contributed by atoms with E-state index in [9.17, 15) is 22.8 Å². The molecule has 1 aliphatic carbocycles. The number of allylic oxidation sites excluding steroid dienone is 1. The highest BCUT2D eigenvalue weighted by atomic mass is 35.5. The molecule has 1 fully saturated rings. The summed E-state index contributed by atoms with van der Waals surface area (Å²) in [7, 11) is 0. The maximum absolute atomic E-state index is 13.8. The second-order valence-electron chi connectivity index (χ2n) is 7.90. The van der Waals surface area contributed by atoms with Crippen LogP contribution in [-0.4, -0.2) is 55.0 Å². The van der Waals surface area contributed by atoms with Gasteiger partial charge in [-0.2, -0.15) is 13.2 Å². The minimum atomic E-state index is -4.45. The van der Waals surface area contributed by atoms with Crippen LogP contribution in [-0.2, 0) is 16.0 Å². The van der Waals surface area contributed by atoms with Gasteiger partial charge >= 0.3 is 6.18 Å². The van der Waals surface area contributed by atoms with E-state index in [-0.39, 0.29) is 31.3 Å². The normalized spacial score (nSPS) is 19.1. The van der Waals surface area contributed by atoms with Gasteiger partial charge in [0.25, 0.3) is 0 Å². The first-order chi connectivity index (χ1) is 15.2. The fourth-order valence-electron chi connectivity index (χ4n) is 4.03. The number of alkyl halides is 3.